The highest BCUT2D eigenvalue weighted by atomic mass is 16.6. The van der Waals surface area contributed by atoms with Gasteiger partial charge in [0.25, 0.3) is 0 Å². The SMILES string of the molecule is CC(C)(C)OC(=O)NC1CCC(/C=C/C#N)CC1. The zero-order chi connectivity index (χ0) is 13.6. The molecule has 18 heavy (non-hydrogen) atoms. The summed E-state index contributed by atoms with van der Waals surface area (Å²) < 4.78 is 5.23. The summed E-state index contributed by atoms with van der Waals surface area (Å²) in [6, 6.07) is 2.21. The van der Waals surface area contributed by atoms with Crippen LogP contribution < -0.4 is 5.32 Å². The molecule has 0 radical (unpaired) electrons. The number of nitriles is 1. The number of hydrogen-bond donors (Lipinski definition) is 1. The van der Waals surface area contributed by atoms with Gasteiger partial charge < -0.3 is 10.1 Å². The molecule has 0 saturated heterocycles. The molecule has 4 heteroatoms. The van der Waals surface area contributed by atoms with Gasteiger partial charge in [-0.05, 0) is 52.4 Å². The minimum atomic E-state index is -0.448. The highest BCUT2D eigenvalue weighted by molar-refractivity contribution is 5.68. The summed E-state index contributed by atoms with van der Waals surface area (Å²) in [5.41, 5.74) is -0.448. The van der Waals surface area contributed by atoms with Gasteiger partial charge in [-0.3, -0.25) is 0 Å². The second-order valence-electron chi connectivity index (χ2n) is 5.75. The molecular weight excluding hydrogens is 228 g/mol. The van der Waals surface area contributed by atoms with Crippen LogP contribution in [0, 0.1) is 17.2 Å². The number of carbonyl (C=O) groups is 1. The Labute approximate surface area is 109 Å². The molecule has 1 N–H and O–H groups in total. The fourth-order valence-electron chi connectivity index (χ4n) is 2.11. The highest BCUT2D eigenvalue weighted by Crippen LogP contribution is 2.25. The van der Waals surface area contributed by atoms with Crippen molar-refractivity contribution < 1.29 is 9.53 Å². The molecule has 1 saturated carbocycles. The van der Waals surface area contributed by atoms with Crippen LogP contribution in [0.4, 0.5) is 4.79 Å². The van der Waals surface area contributed by atoms with Gasteiger partial charge in [0.2, 0.25) is 0 Å². The number of nitrogens with one attached hydrogen (secondary N) is 1. The standard InChI is InChI=1S/C14H22N2O2/c1-14(2,3)18-13(17)16-12-8-6-11(7-9-12)5-4-10-15/h4-5,11-12H,6-9H2,1-3H3,(H,16,17)/b5-4+. The number of nitrogens with zero attached hydrogens (tertiary/aromatic N) is 1. The summed E-state index contributed by atoms with van der Waals surface area (Å²) in [4.78, 5) is 11.6. The van der Waals surface area contributed by atoms with Crippen molar-refractivity contribution in [2.24, 2.45) is 5.92 Å². The lowest BCUT2D eigenvalue weighted by Gasteiger charge is -2.28. The van der Waals surface area contributed by atoms with Crippen LogP contribution in [-0.2, 0) is 4.74 Å². The van der Waals surface area contributed by atoms with Crippen LogP contribution in [-0.4, -0.2) is 17.7 Å². The largest absolute Gasteiger partial charge is 0.444 e. The number of ether oxygens (including phenoxy) is 1. The van der Waals surface area contributed by atoms with Crippen molar-refractivity contribution in [1.29, 1.82) is 5.26 Å². The third-order valence-electron chi connectivity index (χ3n) is 2.94. The smallest absolute Gasteiger partial charge is 0.407 e. The number of allylic oxidation sites excluding steroid dienone is 2. The van der Waals surface area contributed by atoms with Crippen molar-refractivity contribution in [3.05, 3.63) is 12.2 Å². The van der Waals surface area contributed by atoms with E-state index in [0.29, 0.717) is 5.92 Å². The first-order valence-electron chi connectivity index (χ1n) is 6.46. The molecule has 100 valence electrons. The van der Waals surface area contributed by atoms with Crippen molar-refractivity contribution >= 4 is 6.09 Å². The van der Waals surface area contributed by atoms with E-state index in [4.69, 9.17) is 10.00 Å². The lowest BCUT2D eigenvalue weighted by atomic mass is 9.86. The quantitative estimate of drug-likeness (QED) is 0.766. The first kappa shape index (κ1) is 14.6. The molecule has 0 aromatic rings. The zero-order valence-electron chi connectivity index (χ0n) is 11.4. The molecule has 1 aliphatic rings. The Bertz CT molecular complexity index is 342. The van der Waals surface area contributed by atoms with Gasteiger partial charge in [0.1, 0.15) is 5.60 Å². The monoisotopic (exact) mass is 250 g/mol. The molecule has 0 bridgehead atoms. The average molecular weight is 250 g/mol. The van der Waals surface area contributed by atoms with Crippen LogP contribution >= 0.6 is 0 Å². The van der Waals surface area contributed by atoms with Crippen LogP contribution in [0.2, 0.25) is 0 Å². The van der Waals surface area contributed by atoms with Crippen LogP contribution in [0.3, 0.4) is 0 Å². The van der Waals surface area contributed by atoms with Gasteiger partial charge in [-0.1, -0.05) is 6.08 Å². The molecule has 1 fully saturated rings. The van der Waals surface area contributed by atoms with Crippen LogP contribution in [0.5, 0.6) is 0 Å². The normalized spacial score (nSPS) is 24.6. The number of amides is 1. The number of alkyl carbamates (subject to hydrolysis) is 1. The summed E-state index contributed by atoms with van der Waals surface area (Å²) >= 11 is 0. The third-order valence-corrected chi connectivity index (χ3v) is 2.94. The lowest BCUT2D eigenvalue weighted by Crippen LogP contribution is -2.40. The first-order valence-corrected chi connectivity index (χ1v) is 6.46. The molecule has 0 aliphatic heterocycles. The van der Waals surface area contributed by atoms with Crippen molar-refractivity contribution in [1.82, 2.24) is 5.32 Å². The molecule has 0 spiro atoms. The summed E-state index contributed by atoms with van der Waals surface area (Å²) in [5, 5.41) is 11.4. The molecule has 1 rings (SSSR count). The maximum atomic E-state index is 11.6. The van der Waals surface area contributed by atoms with Crippen molar-refractivity contribution in [2.75, 3.05) is 0 Å². The molecule has 0 unspecified atom stereocenters. The van der Waals surface area contributed by atoms with Crippen LogP contribution in [0.25, 0.3) is 0 Å². The van der Waals surface area contributed by atoms with Gasteiger partial charge in [-0.2, -0.15) is 5.26 Å². The molecule has 4 nitrogen and oxygen atoms in total. The summed E-state index contributed by atoms with van der Waals surface area (Å²) in [6.07, 6.45) is 7.09. The topological polar surface area (TPSA) is 62.1 Å². The van der Waals surface area contributed by atoms with E-state index >= 15 is 0 Å². The van der Waals surface area contributed by atoms with E-state index < -0.39 is 5.60 Å². The second-order valence-corrected chi connectivity index (χ2v) is 5.75. The molecule has 0 heterocycles. The first-order chi connectivity index (χ1) is 8.40. The maximum Gasteiger partial charge on any atom is 0.407 e. The van der Waals surface area contributed by atoms with E-state index in [1.54, 1.807) is 6.08 Å². The lowest BCUT2D eigenvalue weighted by molar-refractivity contribution is 0.0490. The van der Waals surface area contributed by atoms with Crippen molar-refractivity contribution in [2.45, 2.75) is 58.1 Å². The second kappa shape index (κ2) is 6.44. The zero-order valence-corrected chi connectivity index (χ0v) is 11.4. The number of rotatable bonds is 2. The van der Waals surface area contributed by atoms with E-state index in [0.717, 1.165) is 25.7 Å². The fourth-order valence-corrected chi connectivity index (χ4v) is 2.11. The minimum absolute atomic E-state index is 0.201. The molecule has 1 amide bonds. The van der Waals surface area contributed by atoms with E-state index in [1.165, 1.54) is 0 Å². The Morgan fingerprint density at radius 1 is 1.33 bits per heavy atom. The fraction of sp³-hybridized carbons (Fsp3) is 0.714. The Balaban J connectivity index is 2.30. The summed E-state index contributed by atoms with van der Waals surface area (Å²) in [5.74, 6) is 0.473. The van der Waals surface area contributed by atoms with Gasteiger partial charge in [-0.15, -0.1) is 0 Å². The van der Waals surface area contributed by atoms with Gasteiger partial charge in [0, 0.05) is 12.1 Å². The molecule has 1 aliphatic carbocycles. The highest BCUT2D eigenvalue weighted by Gasteiger charge is 2.23. The van der Waals surface area contributed by atoms with E-state index in [9.17, 15) is 4.79 Å². The number of hydrogen-bond acceptors (Lipinski definition) is 3. The molecule has 0 aromatic carbocycles. The van der Waals surface area contributed by atoms with Crippen molar-refractivity contribution in [3.8, 4) is 6.07 Å². The summed E-state index contributed by atoms with van der Waals surface area (Å²) in [6.45, 7) is 5.57. The Kier molecular flexibility index (Phi) is 5.21. The van der Waals surface area contributed by atoms with Gasteiger partial charge in [-0.25, -0.2) is 4.79 Å². The molecular formula is C14H22N2O2. The van der Waals surface area contributed by atoms with Gasteiger partial charge >= 0.3 is 6.09 Å². The predicted octanol–water partition coefficient (Wildman–Crippen LogP) is 3.15. The van der Waals surface area contributed by atoms with Crippen LogP contribution in [0.1, 0.15) is 46.5 Å². The Morgan fingerprint density at radius 3 is 2.44 bits per heavy atom. The van der Waals surface area contributed by atoms with Crippen molar-refractivity contribution in [3.63, 3.8) is 0 Å². The van der Waals surface area contributed by atoms with E-state index in [2.05, 4.69) is 5.32 Å². The Morgan fingerprint density at radius 2 is 1.94 bits per heavy atom. The van der Waals surface area contributed by atoms with Crippen LogP contribution in [0.15, 0.2) is 12.2 Å². The maximum absolute atomic E-state index is 11.6. The minimum Gasteiger partial charge on any atom is -0.444 e. The predicted molar refractivity (Wildman–Crippen MR) is 69.9 cm³/mol. The number of carbonyl (C=O) groups excluding carboxylic acids is 1. The van der Waals surface area contributed by atoms with E-state index in [1.807, 2.05) is 32.9 Å². The summed E-state index contributed by atoms with van der Waals surface area (Å²) in [7, 11) is 0. The van der Waals surface area contributed by atoms with Gasteiger partial charge in [0.15, 0.2) is 0 Å². The third kappa shape index (κ3) is 5.72. The Hall–Kier alpha value is -1.50. The van der Waals surface area contributed by atoms with Gasteiger partial charge in [0.05, 0.1) is 6.07 Å². The molecule has 0 atom stereocenters. The average Bonchev–Trinajstić information content (AvgIpc) is 2.25. The van der Waals surface area contributed by atoms with E-state index in [-0.39, 0.29) is 12.1 Å². The molecule has 0 aromatic heterocycles.